The summed E-state index contributed by atoms with van der Waals surface area (Å²) >= 11 is 1.21. The van der Waals surface area contributed by atoms with E-state index in [2.05, 4.69) is 4.72 Å². The van der Waals surface area contributed by atoms with Crippen molar-refractivity contribution in [2.24, 2.45) is 5.92 Å². The van der Waals surface area contributed by atoms with Crippen LogP contribution in [0.15, 0.2) is 21.7 Å². The average molecular weight is 361 g/mol. The lowest BCUT2D eigenvalue weighted by atomic mass is 9.97. The molecule has 0 saturated carbocycles. The standard InChI is InChI=1S/C15H24N2O4S2/c1-15(2,3)21-14(18)17-8-6-12(7-9-17)11-16-23(19,20)13-5-4-10-22-13/h4-5,10,12,16H,6-9,11H2,1-3H3. The fourth-order valence-electron chi connectivity index (χ4n) is 2.36. The number of likely N-dealkylation sites (tertiary alicyclic amines) is 1. The fourth-order valence-corrected chi connectivity index (χ4v) is 4.51. The molecular weight excluding hydrogens is 336 g/mol. The lowest BCUT2D eigenvalue weighted by Crippen LogP contribution is -2.43. The molecule has 8 heteroatoms. The first kappa shape index (κ1) is 18.2. The number of nitrogens with zero attached hydrogens (tertiary/aromatic N) is 1. The van der Waals surface area contributed by atoms with Crippen LogP contribution in [0, 0.1) is 5.92 Å². The summed E-state index contributed by atoms with van der Waals surface area (Å²) in [6.07, 6.45) is 1.24. The van der Waals surface area contributed by atoms with Crippen LogP contribution in [0.4, 0.5) is 4.79 Å². The summed E-state index contributed by atoms with van der Waals surface area (Å²) in [7, 11) is -3.41. The third kappa shape index (κ3) is 5.47. The smallest absolute Gasteiger partial charge is 0.410 e. The highest BCUT2D eigenvalue weighted by molar-refractivity contribution is 7.91. The zero-order valence-electron chi connectivity index (χ0n) is 13.7. The molecule has 1 aliphatic rings. The van der Waals surface area contributed by atoms with Crippen LogP contribution < -0.4 is 4.72 Å². The first-order valence-electron chi connectivity index (χ1n) is 7.68. The van der Waals surface area contributed by atoms with Gasteiger partial charge in [0.25, 0.3) is 0 Å². The third-order valence-electron chi connectivity index (χ3n) is 3.59. The van der Waals surface area contributed by atoms with E-state index in [4.69, 9.17) is 4.74 Å². The van der Waals surface area contributed by atoms with Crippen molar-refractivity contribution in [1.82, 2.24) is 9.62 Å². The van der Waals surface area contributed by atoms with Gasteiger partial charge in [0, 0.05) is 19.6 Å². The Morgan fingerprint density at radius 2 is 2.04 bits per heavy atom. The van der Waals surface area contributed by atoms with E-state index in [0.29, 0.717) is 23.8 Å². The third-order valence-corrected chi connectivity index (χ3v) is 6.41. The Morgan fingerprint density at radius 3 is 2.57 bits per heavy atom. The maximum atomic E-state index is 12.1. The first-order valence-corrected chi connectivity index (χ1v) is 10.0. The quantitative estimate of drug-likeness (QED) is 0.896. The van der Waals surface area contributed by atoms with Crippen LogP contribution in [0.3, 0.4) is 0 Å². The maximum Gasteiger partial charge on any atom is 0.410 e. The van der Waals surface area contributed by atoms with Crippen molar-refractivity contribution in [3.8, 4) is 0 Å². The number of carbonyl (C=O) groups is 1. The van der Waals surface area contributed by atoms with Crippen molar-refractivity contribution < 1.29 is 17.9 Å². The Hall–Kier alpha value is -1.12. The van der Waals surface area contributed by atoms with E-state index < -0.39 is 15.6 Å². The van der Waals surface area contributed by atoms with E-state index >= 15 is 0 Å². The van der Waals surface area contributed by atoms with Gasteiger partial charge in [-0.25, -0.2) is 17.9 Å². The molecule has 1 aromatic heterocycles. The molecule has 0 radical (unpaired) electrons. The van der Waals surface area contributed by atoms with Gasteiger partial charge in [-0.15, -0.1) is 11.3 Å². The van der Waals surface area contributed by atoms with Crippen LogP contribution >= 0.6 is 11.3 Å². The molecule has 0 unspecified atom stereocenters. The van der Waals surface area contributed by atoms with E-state index in [-0.39, 0.29) is 12.0 Å². The van der Waals surface area contributed by atoms with Gasteiger partial charge in [0.2, 0.25) is 10.0 Å². The summed E-state index contributed by atoms with van der Waals surface area (Å²) in [6.45, 7) is 7.13. The number of carbonyl (C=O) groups excluding carboxylic acids is 1. The Morgan fingerprint density at radius 1 is 1.39 bits per heavy atom. The van der Waals surface area contributed by atoms with Gasteiger partial charge < -0.3 is 9.64 Å². The highest BCUT2D eigenvalue weighted by atomic mass is 32.2. The predicted octanol–water partition coefficient (Wildman–Crippen LogP) is 2.67. The Labute approximate surface area is 141 Å². The van der Waals surface area contributed by atoms with E-state index in [1.54, 1.807) is 22.4 Å². The zero-order chi connectivity index (χ0) is 17.1. The maximum absolute atomic E-state index is 12.1. The van der Waals surface area contributed by atoms with E-state index in [0.717, 1.165) is 12.8 Å². The second kappa shape index (κ2) is 7.19. The summed E-state index contributed by atoms with van der Waals surface area (Å²) in [5.74, 6) is 0.239. The molecule has 130 valence electrons. The van der Waals surface area contributed by atoms with Crippen LogP contribution in [-0.2, 0) is 14.8 Å². The van der Waals surface area contributed by atoms with Gasteiger partial charge >= 0.3 is 6.09 Å². The molecule has 1 aliphatic heterocycles. The minimum Gasteiger partial charge on any atom is -0.444 e. The molecule has 2 rings (SSSR count). The van der Waals surface area contributed by atoms with Crippen LogP contribution in [0.2, 0.25) is 0 Å². The molecule has 6 nitrogen and oxygen atoms in total. The van der Waals surface area contributed by atoms with Crippen molar-refractivity contribution in [1.29, 1.82) is 0 Å². The van der Waals surface area contributed by atoms with Crippen molar-refractivity contribution in [3.63, 3.8) is 0 Å². The second-order valence-electron chi connectivity index (χ2n) is 6.69. The molecule has 1 N–H and O–H groups in total. The van der Waals surface area contributed by atoms with E-state index in [9.17, 15) is 13.2 Å². The molecule has 23 heavy (non-hydrogen) atoms. The number of amides is 1. The molecule has 2 heterocycles. The average Bonchev–Trinajstić information content (AvgIpc) is 2.99. The number of sulfonamides is 1. The molecule has 0 aliphatic carbocycles. The number of hydrogen-bond donors (Lipinski definition) is 1. The van der Waals surface area contributed by atoms with Gasteiger partial charge in [-0.2, -0.15) is 0 Å². The molecule has 0 bridgehead atoms. The number of hydrogen-bond acceptors (Lipinski definition) is 5. The van der Waals surface area contributed by atoms with Crippen LogP contribution in [0.5, 0.6) is 0 Å². The van der Waals surface area contributed by atoms with Gasteiger partial charge in [-0.05, 0) is 51.0 Å². The molecule has 1 amide bonds. The normalized spacial score (nSPS) is 17.3. The predicted molar refractivity (Wildman–Crippen MR) is 90.0 cm³/mol. The van der Waals surface area contributed by atoms with Crippen LogP contribution in [-0.4, -0.2) is 44.6 Å². The first-order chi connectivity index (χ1) is 10.7. The minimum atomic E-state index is -3.41. The van der Waals surface area contributed by atoms with E-state index in [1.807, 2.05) is 20.8 Å². The molecule has 0 atom stereocenters. The minimum absolute atomic E-state index is 0.239. The van der Waals surface area contributed by atoms with Crippen molar-refractivity contribution in [2.45, 2.75) is 43.4 Å². The number of piperidine rings is 1. The van der Waals surface area contributed by atoms with Crippen molar-refractivity contribution >= 4 is 27.5 Å². The molecule has 0 spiro atoms. The topological polar surface area (TPSA) is 75.7 Å². The Balaban J connectivity index is 1.78. The lowest BCUT2D eigenvalue weighted by Gasteiger charge is -2.33. The highest BCUT2D eigenvalue weighted by Gasteiger charge is 2.27. The Kier molecular flexibility index (Phi) is 5.70. The zero-order valence-corrected chi connectivity index (χ0v) is 15.4. The SMILES string of the molecule is CC(C)(C)OC(=O)N1CCC(CNS(=O)(=O)c2cccs2)CC1. The molecule has 1 saturated heterocycles. The fraction of sp³-hybridized carbons (Fsp3) is 0.667. The number of thiophene rings is 1. The summed E-state index contributed by atoms with van der Waals surface area (Å²) in [4.78, 5) is 13.7. The Bertz CT molecular complexity index is 612. The summed E-state index contributed by atoms with van der Waals surface area (Å²) < 4.78 is 32.5. The molecule has 1 fully saturated rings. The summed E-state index contributed by atoms with van der Waals surface area (Å²) in [6, 6.07) is 3.32. The highest BCUT2D eigenvalue weighted by Crippen LogP contribution is 2.21. The largest absolute Gasteiger partial charge is 0.444 e. The van der Waals surface area contributed by atoms with Crippen LogP contribution in [0.1, 0.15) is 33.6 Å². The monoisotopic (exact) mass is 360 g/mol. The number of rotatable bonds is 4. The van der Waals surface area contributed by atoms with Gasteiger partial charge in [0.1, 0.15) is 9.81 Å². The lowest BCUT2D eigenvalue weighted by molar-refractivity contribution is 0.0185. The number of nitrogens with one attached hydrogen (secondary N) is 1. The van der Waals surface area contributed by atoms with Crippen molar-refractivity contribution in [2.75, 3.05) is 19.6 Å². The van der Waals surface area contributed by atoms with Gasteiger partial charge in [-0.3, -0.25) is 0 Å². The molecule has 1 aromatic rings. The van der Waals surface area contributed by atoms with Gasteiger partial charge in [0.05, 0.1) is 0 Å². The summed E-state index contributed by atoms with van der Waals surface area (Å²) in [5, 5.41) is 1.74. The number of ether oxygens (including phenoxy) is 1. The molecule has 0 aromatic carbocycles. The van der Waals surface area contributed by atoms with Gasteiger partial charge in [-0.1, -0.05) is 6.07 Å². The molecular formula is C15H24N2O4S2. The van der Waals surface area contributed by atoms with Crippen LogP contribution in [0.25, 0.3) is 0 Å². The van der Waals surface area contributed by atoms with Gasteiger partial charge in [0.15, 0.2) is 0 Å². The summed E-state index contributed by atoms with van der Waals surface area (Å²) in [5.41, 5.74) is -0.496. The van der Waals surface area contributed by atoms with E-state index in [1.165, 1.54) is 11.3 Å². The second-order valence-corrected chi connectivity index (χ2v) is 9.64. The van der Waals surface area contributed by atoms with Crippen molar-refractivity contribution in [3.05, 3.63) is 17.5 Å².